The van der Waals surface area contributed by atoms with Crippen LogP contribution in [0.1, 0.15) is 21.6 Å². The Morgan fingerprint density at radius 3 is 2.28 bits per heavy atom. The molecule has 0 amide bonds. The van der Waals surface area contributed by atoms with Crippen molar-refractivity contribution in [2.45, 2.75) is 18.4 Å². The zero-order chi connectivity index (χ0) is 28.5. The second-order valence-corrected chi connectivity index (χ2v) is 11.3. The summed E-state index contributed by atoms with van der Waals surface area (Å²) >= 11 is 12.8. The van der Waals surface area contributed by atoms with Gasteiger partial charge in [-0.2, -0.15) is 4.98 Å². The number of ether oxygens (including phenoxy) is 1. The second-order valence-electron chi connectivity index (χ2n) is 8.52. The van der Waals surface area contributed by atoms with Crippen molar-refractivity contribution in [2.24, 2.45) is 0 Å². The maximum absolute atomic E-state index is 13.1. The van der Waals surface area contributed by atoms with Crippen LogP contribution in [-0.2, 0) is 16.6 Å². The SMILES string of the molecule is Cc1nc(OCc2c(-c3c(Cl)cccc3Cl)noc2N(C)C)ncc1N(C)S(=O)(=O)c1ccc(C(=O)O)cc1. The highest BCUT2D eigenvalue weighted by molar-refractivity contribution is 7.92. The fraction of sp³-hybridized carbons (Fsp3) is 0.200. The van der Waals surface area contributed by atoms with Crippen LogP contribution in [-0.4, -0.2) is 55.8 Å². The molecule has 0 radical (unpaired) electrons. The Balaban J connectivity index is 1.59. The van der Waals surface area contributed by atoms with Crippen molar-refractivity contribution in [3.8, 4) is 17.3 Å². The molecule has 0 aliphatic rings. The van der Waals surface area contributed by atoms with Crippen LogP contribution in [0.25, 0.3) is 11.3 Å². The summed E-state index contributed by atoms with van der Waals surface area (Å²) in [5, 5.41) is 14.0. The molecule has 0 fully saturated rings. The molecule has 204 valence electrons. The number of benzene rings is 2. The molecule has 4 aromatic rings. The minimum absolute atomic E-state index is 0.00466. The van der Waals surface area contributed by atoms with E-state index in [1.54, 1.807) is 44.1 Å². The third-order valence-corrected chi connectivity index (χ3v) is 8.16. The van der Waals surface area contributed by atoms with Crippen molar-refractivity contribution in [3.05, 3.63) is 75.5 Å². The van der Waals surface area contributed by atoms with Crippen LogP contribution in [0.5, 0.6) is 6.01 Å². The maximum atomic E-state index is 13.1. The number of carbonyl (C=O) groups is 1. The van der Waals surface area contributed by atoms with Gasteiger partial charge in [0.15, 0.2) is 0 Å². The molecular formula is C25H23Cl2N5O6S. The number of anilines is 2. The first-order chi connectivity index (χ1) is 18.4. The van der Waals surface area contributed by atoms with Crippen molar-refractivity contribution in [1.82, 2.24) is 15.1 Å². The second kappa shape index (κ2) is 11.1. The molecule has 11 nitrogen and oxygen atoms in total. The van der Waals surface area contributed by atoms with Crippen molar-refractivity contribution in [3.63, 3.8) is 0 Å². The third kappa shape index (κ3) is 5.63. The number of aromatic nitrogens is 3. The average Bonchev–Trinajstić information content (AvgIpc) is 3.31. The fourth-order valence-electron chi connectivity index (χ4n) is 3.71. The zero-order valence-electron chi connectivity index (χ0n) is 21.2. The average molecular weight is 592 g/mol. The lowest BCUT2D eigenvalue weighted by Gasteiger charge is -2.21. The van der Waals surface area contributed by atoms with Gasteiger partial charge in [-0.1, -0.05) is 34.4 Å². The highest BCUT2D eigenvalue weighted by Gasteiger charge is 2.26. The number of halogens is 2. The van der Waals surface area contributed by atoms with E-state index in [0.29, 0.717) is 38.4 Å². The summed E-state index contributed by atoms with van der Waals surface area (Å²) in [6.07, 6.45) is 1.33. The molecule has 4 rings (SSSR count). The summed E-state index contributed by atoms with van der Waals surface area (Å²) in [6.45, 7) is 1.57. The number of nitrogens with zero attached hydrogens (tertiary/aromatic N) is 5. The van der Waals surface area contributed by atoms with E-state index in [-0.39, 0.29) is 28.8 Å². The zero-order valence-corrected chi connectivity index (χ0v) is 23.5. The van der Waals surface area contributed by atoms with E-state index in [9.17, 15) is 13.2 Å². The molecule has 0 saturated carbocycles. The molecule has 2 aromatic heterocycles. The molecule has 0 atom stereocenters. The van der Waals surface area contributed by atoms with Crippen molar-refractivity contribution in [2.75, 3.05) is 30.3 Å². The third-order valence-electron chi connectivity index (χ3n) is 5.75. The molecule has 39 heavy (non-hydrogen) atoms. The van der Waals surface area contributed by atoms with Gasteiger partial charge >= 0.3 is 12.0 Å². The van der Waals surface area contributed by atoms with E-state index < -0.39 is 16.0 Å². The first kappa shape index (κ1) is 28.1. The van der Waals surface area contributed by atoms with E-state index in [1.807, 2.05) is 0 Å². The summed E-state index contributed by atoms with van der Waals surface area (Å²) in [5.74, 6) is -0.729. The molecule has 0 aliphatic carbocycles. The Morgan fingerprint density at radius 1 is 1.08 bits per heavy atom. The largest absolute Gasteiger partial charge is 0.478 e. The monoisotopic (exact) mass is 591 g/mol. The molecule has 2 heterocycles. The van der Waals surface area contributed by atoms with Crippen LogP contribution >= 0.6 is 23.2 Å². The first-order valence-corrected chi connectivity index (χ1v) is 13.5. The standard InChI is InChI=1S/C25H23Cl2N5O6S/c1-14-20(32(4)39(35,36)16-10-8-15(9-11-16)24(33)34)12-28-25(29-14)37-13-17-22(30-38-23(17)31(2)3)21-18(26)6-5-7-19(21)27/h5-12H,13H2,1-4H3,(H,33,34). The van der Waals surface area contributed by atoms with Crippen molar-refractivity contribution < 1.29 is 27.6 Å². The molecule has 14 heteroatoms. The van der Waals surface area contributed by atoms with Gasteiger partial charge in [0.05, 0.1) is 43.6 Å². The van der Waals surface area contributed by atoms with Gasteiger partial charge in [-0.3, -0.25) is 4.31 Å². The number of sulfonamides is 1. The number of rotatable bonds is 9. The molecule has 0 spiro atoms. The summed E-state index contributed by atoms with van der Waals surface area (Å²) in [7, 11) is 0.907. The molecule has 0 aliphatic heterocycles. The number of carboxylic acids is 1. The summed E-state index contributed by atoms with van der Waals surface area (Å²) in [4.78, 5) is 21.2. The molecule has 1 N–H and O–H groups in total. The van der Waals surface area contributed by atoms with Crippen LogP contribution in [0.4, 0.5) is 11.6 Å². The lowest BCUT2D eigenvalue weighted by atomic mass is 10.1. The lowest BCUT2D eigenvalue weighted by Crippen LogP contribution is -2.27. The maximum Gasteiger partial charge on any atom is 0.335 e. The molecule has 0 saturated heterocycles. The van der Waals surface area contributed by atoms with E-state index in [2.05, 4.69) is 15.1 Å². The van der Waals surface area contributed by atoms with E-state index in [4.69, 9.17) is 37.6 Å². The Hall–Kier alpha value is -3.87. The first-order valence-electron chi connectivity index (χ1n) is 11.3. The minimum Gasteiger partial charge on any atom is -0.478 e. The van der Waals surface area contributed by atoms with Crippen LogP contribution in [0.3, 0.4) is 0 Å². The topological polar surface area (TPSA) is 139 Å². The van der Waals surface area contributed by atoms with E-state index in [1.165, 1.54) is 37.5 Å². The number of aryl methyl sites for hydroxylation is 1. The Morgan fingerprint density at radius 2 is 1.72 bits per heavy atom. The van der Waals surface area contributed by atoms with E-state index in [0.717, 1.165) is 4.31 Å². The molecule has 0 unspecified atom stereocenters. The van der Waals surface area contributed by atoms with E-state index >= 15 is 0 Å². The quantitative estimate of drug-likeness (QED) is 0.285. The van der Waals surface area contributed by atoms with Gasteiger partial charge in [-0.05, 0) is 43.3 Å². The van der Waals surface area contributed by atoms with Gasteiger partial charge < -0.3 is 19.3 Å². The summed E-state index contributed by atoms with van der Waals surface area (Å²) in [5.41, 5.74) is 1.98. The predicted octanol–water partition coefficient (Wildman–Crippen LogP) is 4.92. The fourth-order valence-corrected chi connectivity index (χ4v) is 5.53. The minimum atomic E-state index is -4.01. The van der Waals surface area contributed by atoms with Gasteiger partial charge in [0.2, 0.25) is 5.88 Å². The van der Waals surface area contributed by atoms with Gasteiger partial charge in [-0.15, -0.1) is 0 Å². The van der Waals surface area contributed by atoms with Crippen LogP contribution in [0, 0.1) is 6.92 Å². The highest BCUT2D eigenvalue weighted by Crippen LogP contribution is 2.39. The number of carboxylic acid groups (broad SMARTS) is 1. The molecule has 0 bridgehead atoms. The highest BCUT2D eigenvalue weighted by atomic mass is 35.5. The Kier molecular flexibility index (Phi) is 8.00. The molecule has 2 aromatic carbocycles. The van der Waals surface area contributed by atoms with Crippen LogP contribution < -0.4 is 13.9 Å². The predicted molar refractivity (Wildman–Crippen MR) is 146 cm³/mol. The van der Waals surface area contributed by atoms with Gasteiger partial charge in [0, 0.05) is 26.7 Å². The van der Waals surface area contributed by atoms with Gasteiger partial charge in [0.1, 0.15) is 12.3 Å². The van der Waals surface area contributed by atoms with Crippen LogP contribution in [0.15, 0.2) is 58.1 Å². The number of hydrogen-bond acceptors (Lipinski definition) is 9. The lowest BCUT2D eigenvalue weighted by molar-refractivity contribution is 0.0696. The smallest absolute Gasteiger partial charge is 0.335 e. The number of aromatic carboxylic acids is 1. The van der Waals surface area contributed by atoms with Crippen LogP contribution in [0.2, 0.25) is 10.0 Å². The molecular weight excluding hydrogens is 569 g/mol. The Labute approximate surface area is 234 Å². The normalized spacial score (nSPS) is 11.3. The van der Waals surface area contributed by atoms with Crippen molar-refractivity contribution >= 4 is 50.8 Å². The Bertz CT molecular complexity index is 1620. The summed E-state index contributed by atoms with van der Waals surface area (Å²) in [6, 6.07) is 9.99. The van der Waals surface area contributed by atoms with Gasteiger partial charge in [0.25, 0.3) is 10.0 Å². The van der Waals surface area contributed by atoms with Crippen molar-refractivity contribution in [1.29, 1.82) is 0 Å². The van der Waals surface area contributed by atoms with Gasteiger partial charge in [-0.25, -0.2) is 18.2 Å². The summed E-state index contributed by atoms with van der Waals surface area (Å²) < 4.78 is 38.6. The number of hydrogen-bond donors (Lipinski definition) is 1.